The molecule has 0 heterocycles. The highest BCUT2D eigenvalue weighted by molar-refractivity contribution is 7.80. The molecule has 0 saturated heterocycles. The fourth-order valence-corrected chi connectivity index (χ4v) is 2.20. The number of carbonyl (C=O) groups is 1. The van der Waals surface area contributed by atoms with Gasteiger partial charge in [0.2, 0.25) is 0 Å². The predicted molar refractivity (Wildman–Crippen MR) is 86.2 cm³/mol. The van der Waals surface area contributed by atoms with Gasteiger partial charge >= 0.3 is 0 Å². The van der Waals surface area contributed by atoms with Gasteiger partial charge in [-0.1, -0.05) is 11.6 Å². The van der Waals surface area contributed by atoms with Crippen LogP contribution in [0.4, 0.5) is 5.69 Å². The monoisotopic (exact) mass is 323 g/mol. The molecule has 21 heavy (non-hydrogen) atoms. The minimum absolute atomic E-state index is 0.342. The van der Waals surface area contributed by atoms with E-state index in [-0.39, 0.29) is 5.91 Å². The number of nitrogens with one attached hydrogen (secondary N) is 1. The average molecular weight is 324 g/mol. The van der Waals surface area contributed by atoms with Crippen molar-refractivity contribution in [3.8, 4) is 11.5 Å². The first-order valence-electron chi connectivity index (χ1n) is 6.07. The summed E-state index contributed by atoms with van der Waals surface area (Å²) in [6, 6.07) is 10.1. The summed E-state index contributed by atoms with van der Waals surface area (Å²) in [5.41, 5.74) is 0.844. The number of carbonyl (C=O) groups excluding carboxylic acids is 1. The summed E-state index contributed by atoms with van der Waals surface area (Å²) in [5, 5.41) is 3.11. The van der Waals surface area contributed by atoms with Gasteiger partial charge in [0.15, 0.2) is 0 Å². The highest BCUT2D eigenvalue weighted by Gasteiger charge is 2.14. The molecule has 0 saturated carbocycles. The van der Waals surface area contributed by atoms with Crippen LogP contribution in [-0.2, 0) is 0 Å². The summed E-state index contributed by atoms with van der Waals surface area (Å²) in [5.74, 6) is 0.796. The quantitative estimate of drug-likeness (QED) is 0.839. The zero-order valence-electron chi connectivity index (χ0n) is 11.5. The molecule has 110 valence electrons. The maximum atomic E-state index is 12.3. The fourth-order valence-electron chi connectivity index (χ4n) is 1.79. The van der Waals surface area contributed by atoms with Crippen LogP contribution >= 0.6 is 24.2 Å². The minimum Gasteiger partial charge on any atom is -0.497 e. The summed E-state index contributed by atoms with van der Waals surface area (Å²) < 4.78 is 10.4. The Hall–Kier alpha value is -1.85. The number of hydrogen-bond acceptors (Lipinski definition) is 4. The Kier molecular flexibility index (Phi) is 4.98. The molecule has 1 amide bonds. The molecule has 0 atom stereocenters. The standard InChI is InChI=1S/C15H14ClNO3S/c1-19-9-3-6-14(20-2)13(7-9)17-15(18)11-8-10(21)4-5-12(11)16/h3-8,21H,1-2H3,(H,17,18). The van der Waals surface area contributed by atoms with E-state index in [0.29, 0.717) is 32.7 Å². The van der Waals surface area contributed by atoms with E-state index >= 15 is 0 Å². The molecule has 1 N–H and O–H groups in total. The van der Waals surface area contributed by atoms with Gasteiger partial charge in [-0.05, 0) is 30.3 Å². The molecule has 0 fully saturated rings. The summed E-state index contributed by atoms with van der Waals surface area (Å²) in [7, 11) is 3.08. The molecule has 2 aromatic rings. The number of rotatable bonds is 4. The highest BCUT2D eigenvalue weighted by atomic mass is 35.5. The fraction of sp³-hybridized carbons (Fsp3) is 0.133. The number of amides is 1. The van der Waals surface area contributed by atoms with Crippen molar-refractivity contribution in [2.75, 3.05) is 19.5 Å². The molecule has 6 heteroatoms. The topological polar surface area (TPSA) is 47.6 Å². The first-order chi connectivity index (χ1) is 10.0. The smallest absolute Gasteiger partial charge is 0.257 e. The number of thiol groups is 1. The van der Waals surface area contributed by atoms with Crippen LogP contribution in [0.15, 0.2) is 41.3 Å². The summed E-state index contributed by atoms with van der Waals surface area (Å²) in [6.45, 7) is 0. The van der Waals surface area contributed by atoms with Gasteiger partial charge in [-0.2, -0.15) is 0 Å². The number of methoxy groups -OCH3 is 2. The van der Waals surface area contributed by atoms with Crippen molar-refractivity contribution in [3.05, 3.63) is 47.0 Å². The Morgan fingerprint density at radius 1 is 1.14 bits per heavy atom. The number of benzene rings is 2. The Morgan fingerprint density at radius 3 is 2.57 bits per heavy atom. The molecule has 0 unspecified atom stereocenters. The highest BCUT2D eigenvalue weighted by Crippen LogP contribution is 2.30. The second-order valence-electron chi connectivity index (χ2n) is 4.18. The molecular weight excluding hydrogens is 310 g/mol. The molecule has 0 aliphatic heterocycles. The Bertz CT molecular complexity index is 676. The molecule has 2 rings (SSSR count). The molecule has 0 aliphatic carbocycles. The second-order valence-corrected chi connectivity index (χ2v) is 5.11. The third-order valence-corrected chi connectivity index (χ3v) is 3.46. The van der Waals surface area contributed by atoms with Crippen LogP contribution in [0.2, 0.25) is 5.02 Å². The Morgan fingerprint density at radius 2 is 1.90 bits per heavy atom. The largest absolute Gasteiger partial charge is 0.497 e. The zero-order valence-corrected chi connectivity index (χ0v) is 13.2. The third-order valence-electron chi connectivity index (χ3n) is 2.85. The van der Waals surface area contributed by atoms with E-state index in [1.807, 2.05) is 0 Å². The van der Waals surface area contributed by atoms with E-state index in [0.717, 1.165) is 0 Å². The maximum absolute atomic E-state index is 12.3. The normalized spacial score (nSPS) is 10.1. The van der Waals surface area contributed by atoms with E-state index in [1.54, 1.807) is 43.5 Å². The first-order valence-corrected chi connectivity index (χ1v) is 6.89. The molecule has 4 nitrogen and oxygen atoms in total. The van der Waals surface area contributed by atoms with Crippen molar-refractivity contribution in [2.45, 2.75) is 4.90 Å². The van der Waals surface area contributed by atoms with E-state index in [1.165, 1.54) is 7.11 Å². The second kappa shape index (κ2) is 6.74. The van der Waals surface area contributed by atoms with Crippen molar-refractivity contribution in [1.29, 1.82) is 0 Å². The molecule has 2 aromatic carbocycles. The van der Waals surface area contributed by atoms with Crippen molar-refractivity contribution in [2.24, 2.45) is 0 Å². The van der Waals surface area contributed by atoms with Crippen LogP contribution in [0.1, 0.15) is 10.4 Å². The van der Waals surface area contributed by atoms with Crippen molar-refractivity contribution >= 4 is 35.8 Å². The zero-order chi connectivity index (χ0) is 15.4. The van der Waals surface area contributed by atoms with E-state index in [4.69, 9.17) is 21.1 Å². The molecule has 0 aliphatic rings. The van der Waals surface area contributed by atoms with E-state index in [9.17, 15) is 4.79 Å². The van der Waals surface area contributed by atoms with E-state index < -0.39 is 0 Å². The molecule has 0 bridgehead atoms. The summed E-state index contributed by atoms with van der Waals surface area (Å²) in [4.78, 5) is 13.0. The summed E-state index contributed by atoms with van der Waals surface area (Å²) >= 11 is 10.2. The van der Waals surface area contributed by atoms with Crippen LogP contribution in [0.3, 0.4) is 0 Å². The maximum Gasteiger partial charge on any atom is 0.257 e. The lowest BCUT2D eigenvalue weighted by Gasteiger charge is -2.12. The summed E-state index contributed by atoms with van der Waals surface area (Å²) in [6.07, 6.45) is 0. The van der Waals surface area contributed by atoms with Gasteiger partial charge in [0, 0.05) is 11.0 Å². The lowest BCUT2D eigenvalue weighted by molar-refractivity contribution is 0.102. The predicted octanol–water partition coefficient (Wildman–Crippen LogP) is 3.90. The van der Waals surface area contributed by atoms with Crippen LogP contribution < -0.4 is 14.8 Å². The van der Waals surface area contributed by atoms with Gasteiger partial charge in [0.1, 0.15) is 11.5 Å². The SMILES string of the molecule is COc1ccc(OC)c(NC(=O)c2cc(S)ccc2Cl)c1. The number of halogens is 1. The number of hydrogen-bond donors (Lipinski definition) is 2. The molecular formula is C15H14ClNO3S. The number of ether oxygens (including phenoxy) is 2. The lowest BCUT2D eigenvalue weighted by Crippen LogP contribution is -2.13. The molecule has 0 aromatic heterocycles. The van der Waals surface area contributed by atoms with Crippen LogP contribution in [0.5, 0.6) is 11.5 Å². The van der Waals surface area contributed by atoms with Gasteiger partial charge in [-0.15, -0.1) is 12.6 Å². The Balaban J connectivity index is 2.32. The third kappa shape index (κ3) is 3.62. The van der Waals surface area contributed by atoms with Crippen molar-refractivity contribution in [1.82, 2.24) is 0 Å². The minimum atomic E-state index is -0.345. The lowest BCUT2D eigenvalue weighted by atomic mass is 10.2. The van der Waals surface area contributed by atoms with Gasteiger partial charge < -0.3 is 14.8 Å². The number of anilines is 1. The van der Waals surface area contributed by atoms with Crippen LogP contribution in [-0.4, -0.2) is 20.1 Å². The van der Waals surface area contributed by atoms with E-state index in [2.05, 4.69) is 17.9 Å². The average Bonchev–Trinajstić information content (AvgIpc) is 2.49. The first kappa shape index (κ1) is 15.5. The molecule has 0 spiro atoms. The Labute approximate surface area is 133 Å². The van der Waals surface area contributed by atoms with Gasteiger partial charge in [-0.3, -0.25) is 4.79 Å². The van der Waals surface area contributed by atoms with Gasteiger partial charge in [0.25, 0.3) is 5.91 Å². The van der Waals surface area contributed by atoms with Crippen LogP contribution in [0, 0.1) is 0 Å². The van der Waals surface area contributed by atoms with Crippen molar-refractivity contribution < 1.29 is 14.3 Å². The van der Waals surface area contributed by atoms with Crippen LogP contribution in [0.25, 0.3) is 0 Å². The molecule has 0 radical (unpaired) electrons. The van der Waals surface area contributed by atoms with Gasteiger partial charge in [0.05, 0.1) is 30.5 Å². The van der Waals surface area contributed by atoms with Crippen molar-refractivity contribution in [3.63, 3.8) is 0 Å². The van der Waals surface area contributed by atoms with Gasteiger partial charge in [-0.25, -0.2) is 0 Å².